The van der Waals surface area contributed by atoms with Gasteiger partial charge in [-0.15, -0.1) is 0 Å². The largest absolute Gasteiger partial charge is 0.481 e. The van der Waals surface area contributed by atoms with Gasteiger partial charge in [-0.05, 0) is 45.1 Å². The van der Waals surface area contributed by atoms with Crippen LogP contribution in [0.2, 0.25) is 0 Å². The fraction of sp³-hybridized carbons (Fsp3) is 0.565. The van der Waals surface area contributed by atoms with Crippen LogP contribution in [-0.2, 0) is 30.5 Å². The topological polar surface area (TPSA) is 131 Å². The normalized spacial score (nSPS) is 13.1. The summed E-state index contributed by atoms with van der Waals surface area (Å²) >= 11 is 0. The average molecular weight is 451 g/mol. The van der Waals surface area contributed by atoms with E-state index in [0.717, 1.165) is 5.56 Å². The van der Waals surface area contributed by atoms with Gasteiger partial charge in [-0.1, -0.05) is 44.2 Å². The standard InChI is InChI=1S/C23H34N2O7/c1-15(2)13-18(21(29)31-14-16-9-7-6-8-10-16)24-20(28)17(11-12-19(26)27)25-22(30)32-23(3,4)5/h6-10,15,17-18H,11-14H2,1-5H3,(H,24,28)(H,25,30)(H,26,27)/t17-,18-/m0/s1. The van der Waals surface area contributed by atoms with E-state index in [0.29, 0.717) is 6.42 Å². The van der Waals surface area contributed by atoms with Crippen LogP contribution in [0.4, 0.5) is 4.79 Å². The number of hydrogen-bond acceptors (Lipinski definition) is 6. The van der Waals surface area contributed by atoms with E-state index in [1.807, 2.05) is 44.2 Å². The van der Waals surface area contributed by atoms with E-state index in [2.05, 4.69) is 10.6 Å². The Balaban J connectivity index is 2.86. The highest BCUT2D eigenvalue weighted by molar-refractivity contribution is 5.90. The quantitative estimate of drug-likeness (QED) is 0.442. The van der Waals surface area contributed by atoms with E-state index in [1.54, 1.807) is 20.8 Å². The number of esters is 1. The lowest BCUT2D eigenvalue weighted by Crippen LogP contribution is -2.53. The highest BCUT2D eigenvalue weighted by Gasteiger charge is 2.30. The summed E-state index contributed by atoms with van der Waals surface area (Å²) in [6.45, 7) is 8.85. The number of alkyl carbamates (subject to hydrolysis) is 1. The molecule has 178 valence electrons. The molecule has 1 aromatic carbocycles. The van der Waals surface area contributed by atoms with Crippen LogP contribution in [0.25, 0.3) is 0 Å². The Morgan fingerprint density at radius 3 is 2.16 bits per heavy atom. The first kappa shape index (κ1) is 26.9. The van der Waals surface area contributed by atoms with E-state index in [1.165, 1.54) is 0 Å². The maximum Gasteiger partial charge on any atom is 0.408 e. The number of carbonyl (C=O) groups is 4. The highest BCUT2D eigenvalue weighted by atomic mass is 16.6. The molecule has 0 spiro atoms. The fourth-order valence-electron chi connectivity index (χ4n) is 2.77. The molecule has 1 aromatic rings. The molecule has 32 heavy (non-hydrogen) atoms. The van der Waals surface area contributed by atoms with Gasteiger partial charge in [0.1, 0.15) is 24.3 Å². The summed E-state index contributed by atoms with van der Waals surface area (Å²) in [5.41, 5.74) is 0.0145. The second-order valence-electron chi connectivity index (χ2n) is 8.92. The van der Waals surface area contributed by atoms with Gasteiger partial charge in [0.15, 0.2) is 0 Å². The number of benzene rings is 1. The molecule has 0 aliphatic carbocycles. The van der Waals surface area contributed by atoms with E-state index >= 15 is 0 Å². The van der Waals surface area contributed by atoms with Gasteiger partial charge in [-0.3, -0.25) is 9.59 Å². The molecule has 3 N–H and O–H groups in total. The Labute approximate surface area is 188 Å². The molecule has 0 aliphatic heterocycles. The summed E-state index contributed by atoms with van der Waals surface area (Å²) in [4.78, 5) is 48.6. The third-order valence-corrected chi connectivity index (χ3v) is 4.19. The monoisotopic (exact) mass is 450 g/mol. The highest BCUT2D eigenvalue weighted by Crippen LogP contribution is 2.11. The summed E-state index contributed by atoms with van der Waals surface area (Å²) in [5.74, 6) is -2.33. The molecule has 0 aliphatic rings. The Hall–Kier alpha value is -3.10. The van der Waals surface area contributed by atoms with Crippen LogP contribution in [0.3, 0.4) is 0 Å². The van der Waals surface area contributed by atoms with Crippen molar-refractivity contribution in [1.82, 2.24) is 10.6 Å². The molecule has 0 unspecified atom stereocenters. The van der Waals surface area contributed by atoms with Crippen LogP contribution in [0, 0.1) is 5.92 Å². The predicted molar refractivity (Wildman–Crippen MR) is 118 cm³/mol. The first-order valence-electron chi connectivity index (χ1n) is 10.6. The maximum absolute atomic E-state index is 12.8. The van der Waals surface area contributed by atoms with Crippen molar-refractivity contribution < 1.29 is 33.8 Å². The lowest BCUT2D eigenvalue weighted by molar-refractivity contribution is -0.150. The lowest BCUT2D eigenvalue weighted by atomic mass is 10.0. The van der Waals surface area contributed by atoms with Crippen LogP contribution < -0.4 is 10.6 Å². The van der Waals surface area contributed by atoms with Gasteiger partial charge in [0.2, 0.25) is 5.91 Å². The molecule has 9 nitrogen and oxygen atoms in total. The van der Waals surface area contributed by atoms with Crippen molar-refractivity contribution >= 4 is 23.9 Å². The zero-order valence-electron chi connectivity index (χ0n) is 19.3. The predicted octanol–water partition coefficient (Wildman–Crippen LogP) is 3.02. The van der Waals surface area contributed by atoms with E-state index in [-0.39, 0.29) is 25.4 Å². The van der Waals surface area contributed by atoms with Crippen molar-refractivity contribution in [2.24, 2.45) is 5.92 Å². The molecule has 0 radical (unpaired) electrons. The zero-order valence-corrected chi connectivity index (χ0v) is 19.3. The van der Waals surface area contributed by atoms with Crippen LogP contribution in [0.5, 0.6) is 0 Å². The van der Waals surface area contributed by atoms with Gasteiger partial charge in [0, 0.05) is 6.42 Å². The van der Waals surface area contributed by atoms with Gasteiger partial charge in [0.25, 0.3) is 0 Å². The van der Waals surface area contributed by atoms with E-state index in [4.69, 9.17) is 14.6 Å². The van der Waals surface area contributed by atoms with Gasteiger partial charge < -0.3 is 25.2 Å². The molecule has 1 rings (SSSR count). The number of nitrogens with one attached hydrogen (secondary N) is 2. The summed E-state index contributed by atoms with van der Waals surface area (Å²) in [6.07, 6.45) is -1.04. The number of aliphatic carboxylic acids is 1. The number of rotatable bonds is 11. The van der Waals surface area contributed by atoms with Crippen LogP contribution in [0.15, 0.2) is 30.3 Å². The van der Waals surface area contributed by atoms with Crippen LogP contribution >= 0.6 is 0 Å². The number of carbonyl (C=O) groups excluding carboxylic acids is 3. The first-order chi connectivity index (χ1) is 14.9. The summed E-state index contributed by atoms with van der Waals surface area (Å²) in [5, 5.41) is 14.0. The molecule has 9 heteroatoms. The molecule has 0 heterocycles. The van der Waals surface area contributed by atoms with Gasteiger partial charge in [-0.2, -0.15) is 0 Å². The third kappa shape index (κ3) is 11.3. The van der Waals surface area contributed by atoms with Crippen LogP contribution in [0.1, 0.15) is 59.4 Å². The lowest BCUT2D eigenvalue weighted by Gasteiger charge is -2.25. The minimum Gasteiger partial charge on any atom is -0.481 e. The zero-order chi connectivity index (χ0) is 24.3. The molecule has 0 saturated carbocycles. The van der Waals surface area contributed by atoms with Gasteiger partial charge >= 0.3 is 18.0 Å². The molecule has 2 atom stereocenters. The van der Waals surface area contributed by atoms with Crippen molar-refractivity contribution in [3.05, 3.63) is 35.9 Å². The first-order valence-corrected chi connectivity index (χ1v) is 10.6. The SMILES string of the molecule is CC(C)C[C@H](NC(=O)[C@H](CCC(=O)O)NC(=O)OC(C)(C)C)C(=O)OCc1ccccc1. The second kappa shape index (κ2) is 12.7. The van der Waals surface area contributed by atoms with Crippen molar-refractivity contribution in [2.75, 3.05) is 0 Å². The molecule has 2 amide bonds. The van der Waals surface area contributed by atoms with Crippen molar-refractivity contribution in [1.29, 1.82) is 0 Å². The fourth-order valence-corrected chi connectivity index (χ4v) is 2.77. The third-order valence-electron chi connectivity index (χ3n) is 4.19. The average Bonchev–Trinajstić information content (AvgIpc) is 2.67. The molecule has 0 saturated heterocycles. The number of carboxylic acid groups (broad SMARTS) is 1. The second-order valence-corrected chi connectivity index (χ2v) is 8.92. The Morgan fingerprint density at radius 1 is 1.00 bits per heavy atom. The Morgan fingerprint density at radius 2 is 1.62 bits per heavy atom. The Kier molecular flexibility index (Phi) is 10.7. The van der Waals surface area contributed by atoms with Crippen molar-refractivity contribution in [3.63, 3.8) is 0 Å². The van der Waals surface area contributed by atoms with Crippen LogP contribution in [-0.4, -0.2) is 46.7 Å². The number of ether oxygens (including phenoxy) is 2. The smallest absolute Gasteiger partial charge is 0.408 e. The minimum atomic E-state index is -1.18. The summed E-state index contributed by atoms with van der Waals surface area (Å²) in [6, 6.07) is 7.00. The molecule has 0 aromatic heterocycles. The number of carboxylic acids is 1. The van der Waals surface area contributed by atoms with Gasteiger partial charge in [0.05, 0.1) is 0 Å². The van der Waals surface area contributed by atoms with Crippen molar-refractivity contribution in [2.45, 2.75) is 78.2 Å². The van der Waals surface area contributed by atoms with Crippen molar-refractivity contribution in [3.8, 4) is 0 Å². The summed E-state index contributed by atoms with van der Waals surface area (Å²) < 4.78 is 10.5. The minimum absolute atomic E-state index is 0.0583. The Bertz CT molecular complexity index is 772. The number of amides is 2. The van der Waals surface area contributed by atoms with Gasteiger partial charge in [-0.25, -0.2) is 9.59 Å². The number of hydrogen-bond donors (Lipinski definition) is 3. The summed E-state index contributed by atoms with van der Waals surface area (Å²) in [7, 11) is 0. The molecule has 0 bridgehead atoms. The molecular weight excluding hydrogens is 416 g/mol. The molecular formula is C23H34N2O7. The molecule has 0 fully saturated rings. The van der Waals surface area contributed by atoms with E-state index < -0.39 is 41.6 Å². The van der Waals surface area contributed by atoms with E-state index in [9.17, 15) is 19.2 Å². The maximum atomic E-state index is 12.8.